The fourth-order valence-corrected chi connectivity index (χ4v) is 4.92. The Labute approximate surface area is 216 Å². The van der Waals surface area contributed by atoms with E-state index in [9.17, 15) is 13.2 Å². The number of hydrogen-bond acceptors (Lipinski definition) is 9. The van der Waals surface area contributed by atoms with Gasteiger partial charge in [-0.1, -0.05) is 0 Å². The summed E-state index contributed by atoms with van der Waals surface area (Å²) in [6, 6.07) is 8.80. The summed E-state index contributed by atoms with van der Waals surface area (Å²) in [6.07, 6.45) is 1.75. The van der Waals surface area contributed by atoms with Crippen molar-refractivity contribution in [3.05, 3.63) is 35.9 Å². The van der Waals surface area contributed by atoms with Gasteiger partial charge in [-0.3, -0.25) is 9.69 Å². The number of primary sulfonamides is 1. The molecule has 1 saturated heterocycles. The third-order valence-electron chi connectivity index (χ3n) is 6.04. The number of fused-ring (bicyclic) bond motifs is 1. The fourth-order valence-electron chi connectivity index (χ4n) is 4.39. The molecule has 3 aromatic rings. The third-order valence-corrected chi connectivity index (χ3v) is 6.95. The van der Waals surface area contributed by atoms with Crippen LogP contribution in [0.25, 0.3) is 11.1 Å². The maximum atomic E-state index is 11.7. The molecule has 1 aliphatic heterocycles. The minimum absolute atomic E-state index is 0.00162. The monoisotopic (exact) mass is 531 g/mol. The van der Waals surface area contributed by atoms with E-state index in [4.69, 9.17) is 19.0 Å². The molecule has 200 valence electrons. The highest BCUT2D eigenvalue weighted by molar-refractivity contribution is 7.89. The molecular formula is C25H33N5O6S. The minimum atomic E-state index is -3.81. The van der Waals surface area contributed by atoms with Crippen LogP contribution in [0.1, 0.15) is 39.2 Å². The van der Waals surface area contributed by atoms with E-state index >= 15 is 0 Å². The van der Waals surface area contributed by atoms with Crippen LogP contribution in [0.3, 0.4) is 0 Å². The number of carbonyl (C=O) groups is 1. The first-order valence-electron chi connectivity index (χ1n) is 12.3. The topological polar surface area (TPSA) is 149 Å². The molecule has 2 aromatic carbocycles. The summed E-state index contributed by atoms with van der Waals surface area (Å²) in [7, 11) is -3.81. The van der Waals surface area contributed by atoms with Crippen molar-refractivity contribution in [2.24, 2.45) is 5.14 Å². The zero-order valence-electron chi connectivity index (χ0n) is 21.2. The zero-order valence-corrected chi connectivity index (χ0v) is 22.1. The van der Waals surface area contributed by atoms with Gasteiger partial charge in [-0.15, -0.1) is 0 Å². The Balaban J connectivity index is 1.40. The lowest BCUT2D eigenvalue weighted by Crippen LogP contribution is -2.38. The number of nitrogens with zero attached hydrogens (tertiary/aromatic N) is 2. The van der Waals surface area contributed by atoms with Gasteiger partial charge in [0.05, 0.1) is 18.1 Å². The molecule has 0 spiro atoms. The molecule has 0 radical (unpaired) electrons. The molecule has 1 amide bonds. The van der Waals surface area contributed by atoms with Crippen molar-refractivity contribution < 1.29 is 27.1 Å². The van der Waals surface area contributed by atoms with Gasteiger partial charge in [0, 0.05) is 32.6 Å². The van der Waals surface area contributed by atoms with Crippen LogP contribution in [0.15, 0.2) is 39.6 Å². The summed E-state index contributed by atoms with van der Waals surface area (Å²) in [5.74, 6) is 1.00. The second-order valence-electron chi connectivity index (χ2n) is 8.90. The fraction of sp³-hybridized carbons (Fsp3) is 0.440. The molecule has 1 aromatic heterocycles. The predicted molar refractivity (Wildman–Crippen MR) is 140 cm³/mol. The Morgan fingerprint density at radius 1 is 1.14 bits per heavy atom. The molecule has 4 rings (SSSR count). The van der Waals surface area contributed by atoms with Crippen molar-refractivity contribution in [3.8, 4) is 11.5 Å². The molecule has 4 N–H and O–H groups in total. The van der Waals surface area contributed by atoms with Crippen LogP contribution >= 0.6 is 0 Å². The van der Waals surface area contributed by atoms with Gasteiger partial charge in [-0.25, -0.2) is 13.6 Å². The van der Waals surface area contributed by atoms with Crippen LogP contribution in [-0.2, 0) is 21.4 Å². The normalized spacial score (nSPS) is 15.0. The maximum Gasteiger partial charge on any atom is 0.295 e. The second kappa shape index (κ2) is 11.4. The number of anilines is 2. The SMILES string of the molecule is CCOc1cc(CN2CCC(Nc3nc4cc(S(N)(=O)=O)ccc4o3)CC2)cc(OCC)c1NC(C)=O. The van der Waals surface area contributed by atoms with Crippen LogP contribution < -0.4 is 25.2 Å². The smallest absolute Gasteiger partial charge is 0.295 e. The molecule has 0 aliphatic carbocycles. The zero-order chi connectivity index (χ0) is 26.6. The Bertz CT molecular complexity index is 1340. The van der Waals surface area contributed by atoms with E-state index in [1.54, 1.807) is 6.07 Å². The van der Waals surface area contributed by atoms with Crippen LogP contribution in [0.5, 0.6) is 11.5 Å². The standard InChI is InChI=1S/C25H33N5O6S/c1-4-34-22-12-17(13-23(35-5-2)24(22)27-16(3)31)15-30-10-8-18(9-11-30)28-25-29-20-14-19(37(26,32)33)6-7-21(20)36-25/h6-7,12-14,18H,4-5,8-11,15H2,1-3H3,(H,27,31)(H,28,29)(H2,26,32,33). The maximum absolute atomic E-state index is 11.7. The number of benzene rings is 2. The third kappa shape index (κ3) is 6.70. The van der Waals surface area contributed by atoms with Gasteiger partial charge in [0.25, 0.3) is 6.01 Å². The van der Waals surface area contributed by atoms with E-state index in [0.29, 0.717) is 54.1 Å². The summed E-state index contributed by atoms with van der Waals surface area (Å²) in [4.78, 5) is 18.4. The number of amides is 1. The van der Waals surface area contributed by atoms with Crippen LogP contribution in [0, 0.1) is 0 Å². The summed E-state index contributed by atoms with van der Waals surface area (Å²) in [6.45, 7) is 8.63. The van der Waals surface area contributed by atoms with Gasteiger partial charge in [-0.05, 0) is 62.6 Å². The van der Waals surface area contributed by atoms with Crippen molar-refractivity contribution in [2.45, 2.75) is 51.1 Å². The number of nitrogens with two attached hydrogens (primary N) is 1. The van der Waals surface area contributed by atoms with Crippen molar-refractivity contribution in [1.29, 1.82) is 0 Å². The molecule has 1 aliphatic rings. The average Bonchev–Trinajstić information content (AvgIpc) is 3.23. The first-order valence-corrected chi connectivity index (χ1v) is 13.8. The molecule has 37 heavy (non-hydrogen) atoms. The lowest BCUT2D eigenvalue weighted by Gasteiger charge is -2.32. The molecule has 12 heteroatoms. The summed E-state index contributed by atoms with van der Waals surface area (Å²) < 4.78 is 40.5. The molecule has 2 heterocycles. The van der Waals surface area contributed by atoms with Crippen LogP contribution in [0.2, 0.25) is 0 Å². The van der Waals surface area contributed by atoms with Crippen molar-refractivity contribution in [2.75, 3.05) is 36.9 Å². The Hall–Kier alpha value is -3.35. The Kier molecular flexibility index (Phi) is 8.20. The van der Waals surface area contributed by atoms with E-state index in [-0.39, 0.29) is 16.8 Å². The predicted octanol–water partition coefficient (Wildman–Crippen LogP) is 3.31. The van der Waals surface area contributed by atoms with E-state index in [1.807, 2.05) is 26.0 Å². The molecule has 0 unspecified atom stereocenters. The minimum Gasteiger partial charge on any atom is -0.492 e. The van der Waals surface area contributed by atoms with Gasteiger partial charge < -0.3 is 24.5 Å². The number of oxazole rings is 1. The van der Waals surface area contributed by atoms with Gasteiger partial charge in [0.1, 0.15) is 22.7 Å². The van der Waals surface area contributed by atoms with Crippen LogP contribution in [0.4, 0.5) is 11.7 Å². The van der Waals surface area contributed by atoms with Crippen molar-refractivity contribution >= 4 is 38.7 Å². The van der Waals surface area contributed by atoms with E-state index in [1.165, 1.54) is 19.1 Å². The molecule has 11 nitrogen and oxygen atoms in total. The van der Waals surface area contributed by atoms with Gasteiger partial charge in [0.2, 0.25) is 15.9 Å². The number of rotatable bonds is 10. The number of aromatic nitrogens is 1. The Morgan fingerprint density at radius 3 is 2.35 bits per heavy atom. The molecule has 0 saturated carbocycles. The number of sulfonamides is 1. The van der Waals surface area contributed by atoms with E-state index in [2.05, 4.69) is 20.5 Å². The molecule has 0 bridgehead atoms. The van der Waals surface area contributed by atoms with Crippen molar-refractivity contribution in [1.82, 2.24) is 9.88 Å². The first kappa shape index (κ1) is 26.7. The average molecular weight is 532 g/mol. The number of hydrogen-bond donors (Lipinski definition) is 3. The number of ether oxygens (including phenoxy) is 2. The number of likely N-dealkylation sites (tertiary alicyclic amines) is 1. The summed E-state index contributed by atoms with van der Waals surface area (Å²) in [5.41, 5.74) is 2.52. The van der Waals surface area contributed by atoms with Crippen LogP contribution in [-0.4, -0.2) is 56.6 Å². The molecular weight excluding hydrogens is 498 g/mol. The highest BCUT2D eigenvalue weighted by Gasteiger charge is 2.23. The molecule has 1 fully saturated rings. The lowest BCUT2D eigenvalue weighted by atomic mass is 10.0. The van der Waals surface area contributed by atoms with E-state index < -0.39 is 10.0 Å². The highest BCUT2D eigenvalue weighted by atomic mass is 32.2. The van der Waals surface area contributed by atoms with Gasteiger partial charge in [0.15, 0.2) is 5.58 Å². The number of piperidine rings is 1. The van der Waals surface area contributed by atoms with Crippen molar-refractivity contribution in [3.63, 3.8) is 0 Å². The molecule has 0 atom stereocenters. The Morgan fingerprint density at radius 2 is 1.78 bits per heavy atom. The number of carbonyl (C=O) groups excluding carboxylic acids is 1. The quantitative estimate of drug-likeness (QED) is 0.358. The largest absolute Gasteiger partial charge is 0.492 e. The second-order valence-corrected chi connectivity index (χ2v) is 10.5. The summed E-state index contributed by atoms with van der Waals surface area (Å²) >= 11 is 0. The lowest BCUT2D eigenvalue weighted by molar-refractivity contribution is -0.114. The highest BCUT2D eigenvalue weighted by Crippen LogP contribution is 2.37. The summed E-state index contributed by atoms with van der Waals surface area (Å²) in [5, 5.41) is 11.4. The first-order chi connectivity index (χ1) is 17.7. The van der Waals surface area contributed by atoms with Gasteiger partial charge >= 0.3 is 0 Å². The number of nitrogens with one attached hydrogen (secondary N) is 2. The van der Waals surface area contributed by atoms with E-state index in [0.717, 1.165) is 31.5 Å². The van der Waals surface area contributed by atoms with Gasteiger partial charge in [-0.2, -0.15) is 4.98 Å².